The zero-order chi connectivity index (χ0) is 15.1. The van der Waals surface area contributed by atoms with Crippen molar-refractivity contribution in [2.45, 2.75) is 71.4 Å². The van der Waals surface area contributed by atoms with E-state index in [4.69, 9.17) is 0 Å². The lowest BCUT2D eigenvalue weighted by Gasteiger charge is -2.37. The van der Waals surface area contributed by atoms with Crippen molar-refractivity contribution < 1.29 is 24.3 Å². The number of hydrogen-bond acceptors (Lipinski definition) is 2. The number of unbranched alkanes of at least 4 members (excludes halogenated alkanes) is 2. The second-order valence-corrected chi connectivity index (χ2v) is 6.98. The number of carbonyl (C=O) groups is 1. The highest BCUT2D eigenvalue weighted by Gasteiger charge is 2.51. The smallest absolute Gasteiger partial charge is 0.329 e. The number of carboxylic acid groups (broad SMARTS) is 1. The van der Waals surface area contributed by atoms with Gasteiger partial charge in [0, 0.05) is 0 Å². The van der Waals surface area contributed by atoms with E-state index in [9.17, 15) is 24.3 Å². The third kappa shape index (κ3) is 4.90. The molecule has 0 saturated carbocycles. The van der Waals surface area contributed by atoms with Gasteiger partial charge in [0.25, 0.3) is 0 Å². The van der Waals surface area contributed by atoms with Gasteiger partial charge in [-0.1, -0.05) is 46.5 Å². The maximum atomic E-state index is 11.7. The fourth-order valence-corrected chi connectivity index (χ4v) is 4.24. The van der Waals surface area contributed by atoms with Gasteiger partial charge in [-0.05, 0) is 19.3 Å². The number of rotatable bonds is 10. The third-order valence-electron chi connectivity index (χ3n) is 3.81. The van der Waals surface area contributed by atoms with Crippen molar-refractivity contribution in [1.82, 2.24) is 0 Å². The van der Waals surface area contributed by atoms with Crippen LogP contribution in [0, 0.1) is 5.41 Å². The lowest BCUT2D eigenvalue weighted by Crippen LogP contribution is -2.42. The molecule has 0 fully saturated rings. The molecule has 0 amide bonds. The molecule has 0 bridgehead atoms. The predicted octanol–water partition coefficient (Wildman–Crippen LogP) is 3.39. The molecule has 0 aromatic carbocycles. The van der Waals surface area contributed by atoms with Crippen LogP contribution in [0.2, 0.25) is 0 Å². The lowest BCUT2D eigenvalue weighted by molar-refractivity contribution is -0.150. The summed E-state index contributed by atoms with van der Waals surface area (Å²) in [5.74, 6) is -1.07. The van der Waals surface area contributed by atoms with Crippen molar-refractivity contribution in [3.05, 3.63) is 0 Å². The van der Waals surface area contributed by atoms with Gasteiger partial charge in [-0.3, -0.25) is 9.36 Å². The first-order valence-corrected chi connectivity index (χ1v) is 8.73. The minimum Gasteiger partial charge on any atom is -0.481 e. The molecule has 0 aromatic rings. The van der Waals surface area contributed by atoms with Gasteiger partial charge < -0.3 is 14.9 Å². The van der Waals surface area contributed by atoms with Crippen molar-refractivity contribution >= 4 is 13.6 Å². The Morgan fingerprint density at radius 3 is 1.74 bits per heavy atom. The van der Waals surface area contributed by atoms with Crippen molar-refractivity contribution in [1.29, 1.82) is 0 Å². The molecule has 0 saturated heterocycles. The van der Waals surface area contributed by atoms with Gasteiger partial charge in [-0.2, -0.15) is 0 Å². The molecule has 114 valence electrons. The van der Waals surface area contributed by atoms with Crippen LogP contribution < -0.4 is 0 Å². The van der Waals surface area contributed by atoms with E-state index in [-0.39, 0.29) is 6.42 Å². The average Bonchev–Trinajstić information content (AvgIpc) is 2.30. The molecule has 0 rings (SSSR count). The topological polar surface area (TPSA) is 94.8 Å². The minimum absolute atomic E-state index is 0.185. The number of aliphatic carboxylic acids is 1. The Kier molecular flexibility index (Phi) is 7.87. The van der Waals surface area contributed by atoms with E-state index in [1.165, 1.54) is 0 Å². The van der Waals surface area contributed by atoms with Crippen molar-refractivity contribution in [3.63, 3.8) is 0 Å². The van der Waals surface area contributed by atoms with Crippen molar-refractivity contribution in [2.75, 3.05) is 0 Å². The van der Waals surface area contributed by atoms with Gasteiger partial charge in [-0.15, -0.1) is 0 Å². The second kappa shape index (κ2) is 8.03. The highest BCUT2D eigenvalue weighted by Crippen LogP contribution is 2.55. The zero-order valence-electron chi connectivity index (χ0n) is 12.1. The van der Waals surface area contributed by atoms with E-state index < -0.39 is 24.6 Å². The summed E-state index contributed by atoms with van der Waals surface area (Å²) >= 11 is 0. The van der Waals surface area contributed by atoms with Crippen molar-refractivity contribution in [3.8, 4) is 0 Å². The molecule has 0 radical (unpaired) electrons. The molecule has 0 aliphatic rings. The Bertz CT molecular complexity index is 315. The summed E-state index contributed by atoms with van der Waals surface area (Å²) in [5, 5.41) is 9.60. The maximum Gasteiger partial charge on any atom is 0.329 e. The number of carboxylic acids is 1. The molecular formula is C13H27O5P. The van der Waals surface area contributed by atoms with E-state index in [2.05, 4.69) is 0 Å². The molecule has 3 N–H and O–H groups in total. The summed E-state index contributed by atoms with van der Waals surface area (Å²) < 4.78 is 11.7. The quantitative estimate of drug-likeness (QED) is 0.537. The molecule has 0 heterocycles. The van der Waals surface area contributed by atoms with Crippen LogP contribution in [0.4, 0.5) is 0 Å². The highest BCUT2D eigenvalue weighted by molar-refractivity contribution is 7.52. The Morgan fingerprint density at radius 1 is 1.11 bits per heavy atom. The van der Waals surface area contributed by atoms with Crippen LogP contribution in [0.3, 0.4) is 0 Å². The van der Waals surface area contributed by atoms with E-state index in [0.29, 0.717) is 25.7 Å². The molecular weight excluding hydrogens is 267 g/mol. The Balaban J connectivity index is 5.51. The average molecular weight is 294 g/mol. The fraction of sp³-hybridized carbons (Fsp3) is 0.923. The molecule has 0 aromatic heterocycles. The first kappa shape index (κ1) is 18.6. The molecule has 1 unspecified atom stereocenters. The van der Waals surface area contributed by atoms with E-state index >= 15 is 0 Å². The predicted molar refractivity (Wildman–Crippen MR) is 75.2 cm³/mol. The van der Waals surface area contributed by atoms with Crippen molar-refractivity contribution in [2.24, 2.45) is 5.41 Å². The monoisotopic (exact) mass is 294 g/mol. The molecule has 19 heavy (non-hydrogen) atoms. The summed E-state index contributed by atoms with van der Waals surface area (Å²) in [6, 6.07) is 0. The second-order valence-electron chi connectivity index (χ2n) is 5.18. The molecule has 5 nitrogen and oxygen atoms in total. The summed E-state index contributed by atoms with van der Waals surface area (Å²) in [5.41, 5.74) is -2.38. The van der Waals surface area contributed by atoms with Crippen LogP contribution in [0.25, 0.3) is 0 Å². The van der Waals surface area contributed by atoms with Crippen LogP contribution in [0.5, 0.6) is 0 Å². The molecule has 0 aliphatic heterocycles. The zero-order valence-corrected chi connectivity index (χ0v) is 13.0. The van der Waals surface area contributed by atoms with Gasteiger partial charge in [0.15, 0.2) is 0 Å². The normalized spacial score (nSPS) is 14.4. The summed E-state index contributed by atoms with van der Waals surface area (Å²) in [4.78, 5) is 30.8. The van der Waals surface area contributed by atoms with Crippen LogP contribution in [-0.2, 0) is 9.36 Å². The minimum atomic E-state index is -4.41. The molecule has 1 atom stereocenters. The Morgan fingerprint density at radius 2 is 1.53 bits per heavy atom. The van der Waals surface area contributed by atoms with Crippen LogP contribution in [0.15, 0.2) is 0 Å². The van der Waals surface area contributed by atoms with E-state index in [1.54, 1.807) is 6.92 Å². The molecule has 0 aliphatic carbocycles. The largest absolute Gasteiger partial charge is 0.481 e. The van der Waals surface area contributed by atoms with Gasteiger partial charge in [0.1, 0.15) is 0 Å². The summed E-state index contributed by atoms with van der Waals surface area (Å²) in [6.45, 7) is 5.55. The molecule has 6 heteroatoms. The maximum absolute atomic E-state index is 11.7. The SMILES string of the molecule is CCCCC(CCCC)(C(=O)O)C(CC)P(=O)(O)O. The first-order chi connectivity index (χ1) is 8.76. The fourth-order valence-electron chi connectivity index (χ4n) is 2.75. The summed E-state index contributed by atoms with van der Waals surface area (Å²) in [7, 11) is -4.41. The third-order valence-corrected chi connectivity index (χ3v) is 5.48. The lowest BCUT2D eigenvalue weighted by atomic mass is 9.74. The van der Waals surface area contributed by atoms with Crippen LogP contribution in [0.1, 0.15) is 65.7 Å². The van der Waals surface area contributed by atoms with Gasteiger partial charge in [0.2, 0.25) is 0 Å². The Hall–Kier alpha value is -0.380. The van der Waals surface area contributed by atoms with Crippen LogP contribution >= 0.6 is 7.60 Å². The summed E-state index contributed by atoms with van der Waals surface area (Å²) in [6.07, 6.45) is 3.84. The van der Waals surface area contributed by atoms with Gasteiger partial charge in [-0.25, -0.2) is 0 Å². The highest BCUT2D eigenvalue weighted by atomic mass is 31.2. The Labute approximate surface area is 115 Å². The van der Waals surface area contributed by atoms with E-state index in [0.717, 1.165) is 12.8 Å². The van der Waals surface area contributed by atoms with Gasteiger partial charge in [0.05, 0.1) is 11.1 Å². The first-order valence-electron chi connectivity index (χ1n) is 7.04. The van der Waals surface area contributed by atoms with Gasteiger partial charge >= 0.3 is 13.6 Å². The van der Waals surface area contributed by atoms with E-state index in [1.807, 2.05) is 13.8 Å². The molecule has 0 spiro atoms. The van der Waals surface area contributed by atoms with Crippen LogP contribution in [-0.4, -0.2) is 26.5 Å². The number of hydrogen-bond donors (Lipinski definition) is 3. The standard InChI is InChI=1S/C13H27O5P/c1-4-7-9-13(12(14)15,10-8-5-2)11(6-3)19(16,17)18/h11H,4-10H2,1-3H3,(H,14,15)(H2,16,17,18).